The normalized spacial score (nSPS) is 12.9. The lowest BCUT2D eigenvalue weighted by atomic mass is 10.1. The fourth-order valence-corrected chi connectivity index (χ4v) is 3.26. The summed E-state index contributed by atoms with van der Waals surface area (Å²) in [5, 5.41) is 7.55. The van der Waals surface area contributed by atoms with Crippen molar-refractivity contribution in [3.8, 4) is 11.5 Å². The highest BCUT2D eigenvalue weighted by atomic mass is 35.5. The molecule has 2 aromatic carbocycles. The van der Waals surface area contributed by atoms with Gasteiger partial charge in [0.05, 0.1) is 11.6 Å². The number of fused-ring (bicyclic) bond motifs is 1. The largest absolute Gasteiger partial charge is 0.486 e. The Bertz CT molecular complexity index is 1010. The smallest absolute Gasteiger partial charge is 0.244 e. The van der Waals surface area contributed by atoms with Crippen LogP contribution >= 0.6 is 11.6 Å². The minimum absolute atomic E-state index is 0.184. The standard InChI is InChI=1S/C22H20ClN3O3/c23-19-12-18(13-20-22(19)29-11-10-28-20)6-7-21(27)24-14-16-2-4-17(5-3-16)15-26-9-1-8-25-26/h1-9,12-13H,10-11,14-15H2,(H,24,27)/b7-6+. The van der Waals surface area contributed by atoms with Crippen molar-refractivity contribution in [2.24, 2.45) is 0 Å². The Hall–Kier alpha value is -3.25. The third-order valence-corrected chi connectivity index (χ3v) is 4.72. The first-order chi connectivity index (χ1) is 14.2. The molecule has 0 saturated carbocycles. The molecule has 1 N–H and O–H groups in total. The summed E-state index contributed by atoms with van der Waals surface area (Å²) in [6.45, 7) is 2.14. The monoisotopic (exact) mass is 409 g/mol. The first-order valence-corrected chi connectivity index (χ1v) is 9.65. The van der Waals surface area contributed by atoms with Crippen LogP contribution in [0.25, 0.3) is 6.08 Å². The Labute approximate surface area is 173 Å². The molecule has 1 aliphatic rings. The highest BCUT2D eigenvalue weighted by molar-refractivity contribution is 6.32. The second kappa shape index (κ2) is 8.84. The minimum Gasteiger partial charge on any atom is -0.486 e. The van der Waals surface area contributed by atoms with Crippen LogP contribution in [0.5, 0.6) is 11.5 Å². The van der Waals surface area contributed by atoms with Crippen LogP contribution < -0.4 is 14.8 Å². The molecule has 0 bridgehead atoms. The van der Waals surface area contributed by atoms with Crippen molar-refractivity contribution < 1.29 is 14.3 Å². The van der Waals surface area contributed by atoms with E-state index in [1.165, 1.54) is 6.08 Å². The zero-order valence-corrected chi connectivity index (χ0v) is 16.4. The number of carbonyl (C=O) groups excluding carboxylic acids is 1. The van der Waals surface area contributed by atoms with Crippen molar-refractivity contribution in [1.82, 2.24) is 15.1 Å². The molecule has 3 aromatic rings. The summed E-state index contributed by atoms with van der Waals surface area (Å²) in [6.07, 6.45) is 6.87. The van der Waals surface area contributed by atoms with Crippen molar-refractivity contribution in [2.45, 2.75) is 13.1 Å². The molecule has 0 spiro atoms. The van der Waals surface area contributed by atoms with E-state index >= 15 is 0 Å². The molecule has 0 unspecified atom stereocenters. The number of halogens is 1. The number of nitrogens with one attached hydrogen (secondary N) is 1. The number of amides is 1. The first kappa shape index (κ1) is 19.1. The van der Waals surface area contributed by atoms with Crippen molar-refractivity contribution in [2.75, 3.05) is 13.2 Å². The lowest BCUT2D eigenvalue weighted by Gasteiger charge is -2.19. The van der Waals surface area contributed by atoms with E-state index in [4.69, 9.17) is 21.1 Å². The molecule has 29 heavy (non-hydrogen) atoms. The van der Waals surface area contributed by atoms with E-state index in [-0.39, 0.29) is 5.91 Å². The van der Waals surface area contributed by atoms with E-state index in [1.54, 1.807) is 18.3 Å². The number of ether oxygens (including phenoxy) is 2. The molecule has 7 heteroatoms. The third-order valence-electron chi connectivity index (χ3n) is 4.44. The van der Waals surface area contributed by atoms with Crippen molar-refractivity contribution >= 4 is 23.6 Å². The SMILES string of the molecule is O=C(/C=C/c1cc(Cl)c2c(c1)OCCO2)NCc1ccc(Cn2cccn2)cc1. The van der Waals surface area contributed by atoms with Gasteiger partial charge in [-0.25, -0.2) is 0 Å². The topological polar surface area (TPSA) is 65.4 Å². The van der Waals surface area contributed by atoms with Crippen LogP contribution in [-0.4, -0.2) is 28.9 Å². The number of hydrogen-bond donors (Lipinski definition) is 1. The summed E-state index contributed by atoms with van der Waals surface area (Å²) in [5.41, 5.74) is 2.95. The van der Waals surface area contributed by atoms with E-state index in [2.05, 4.69) is 10.4 Å². The van der Waals surface area contributed by atoms with Gasteiger partial charge in [-0.05, 0) is 41.0 Å². The van der Waals surface area contributed by atoms with E-state index in [0.29, 0.717) is 36.3 Å². The van der Waals surface area contributed by atoms with Crippen LogP contribution in [0.3, 0.4) is 0 Å². The predicted octanol–water partition coefficient (Wildman–Crippen LogP) is 3.69. The molecule has 1 aromatic heterocycles. The average molecular weight is 410 g/mol. The van der Waals surface area contributed by atoms with Crippen LogP contribution in [0.2, 0.25) is 5.02 Å². The molecule has 0 radical (unpaired) electrons. The minimum atomic E-state index is -0.184. The lowest BCUT2D eigenvalue weighted by Crippen LogP contribution is -2.20. The number of rotatable bonds is 6. The molecule has 0 fully saturated rings. The molecule has 0 aliphatic carbocycles. The van der Waals surface area contributed by atoms with Gasteiger partial charge in [0.2, 0.25) is 5.91 Å². The molecule has 1 amide bonds. The van der Waals surface area contributed by atoms with Crippen LogP contribution in [0, 0.1) is 0 Å². The summed E-state index contributed by atoms with van der Waals surface area (Å²) in [6, 6.07) is 13.5. The summed E-state index contributed by atoms with van der Waals surface area (Å²) < 4.78 is 12.9. The van der Waals surface area contributed by atoms with Gasteiger partial charge in [-0.15, -0.1) is 0 Å². The van der Waals surface area contributed by atoms with Gasteiger partial charge in [-0.2, -0.15) is 5.10 Å². The summed E-state index contributed by atoms with van der Waals surface area (Å²) >= 11 is 6.22. The second-order valence-electron chi connectivity index (χ2n) is 6.60. The fraction of sp³-hybridized carbons (Fsp3) is 0.182. The third kappa shape index (κ3) is 4.97. The number of aromatic nitrogens is 2. The van der Waals surface area contributed by atoms with Crippen LogP contribution in [-0.2, 0) is 17.9 Å². The maximum absolute atomic E-state index is 12.1. The summed E-state index contributed by atoms with van der Waals surface area (Å²) in [5.74, 6) is 0.964. The number of benzene rings is 2. The van der Waals surface area contributed by atoms with Crippen molar-refractivity contribution in [3.05, 3.63) is 82.6 Å². The Balaban J connectivity index is 1.31. The van der Waals surface area contributed by atoms with E-state index in [1.807, 2.05) is 47.3 Å². The van der Waals surface area contributed by atoms with Crippen molar-refractivity contribution in [1.29, 1.82) is 0 Å². The van der Waals surface area contributed by atoms with Gasteiger partial charge in [0.1, 0.15) is 13.2 Å². The highest BCUT2D eigenvalue weighted by Crippen LogP contribution is 2.38. The van der Waals surface area contributed by atoms with E-state index in [0.717, 1.165) is 23.2 Å². The Morgan fingerprint density at radius 3 is 2.76 bits per heavy atom. The molecule has 0 saturated heterocycles. The summed E-state index contributed by atoms with van der Waals surface area (Å²) in [4.78, 5) is 12.1. The van der Waals surface area contributed by atoms with E-state index < -0.39 is 0 Å². The Kier molecular flexibility index (Phi) is 5.81. The van der Waals surface area contributed by atoms with Crippen molar-refractivity contribution in [3.63, 3.8) is 0 Å². The first-order valence-electron chi connectivity index (χ1n) is 9.28. The van der Waals surface area contributed by atoms with Gasteiger partial charge < -0.3 is 14.8 Å². The Morgan fingerprint density at radius 2 is 1.97 bits per heavy atom. The van der Waals surface area contributed by atoms with Gasteiger partial charge in [0.15, 0.2) is 11.5 Å². The molecule has 0 atom stereocenters. The zero-order valence-electron chi connectivity index (χ0n) is 15.7. The fourth-order valence-electron chi connectivity index (χ4n) is 2.99. The number of hydrogen-bond acceptors (Lipinski definition) is 4. The molecule has 4 rings (SSSR count). The van der Waals surface area contributed by atoms with Crippen LogP contribution in [0.15, 0.2) is 60.9 Å². The van der Waals surface area contributed by atoms with Crippen LogP contribution in [0.1, 0.15) is 16.7 Å². The molecule has 1 aliphatic heterocycles. The Morgan fingerprint density at radius 1 is 1.17 bits per heavy atom. The molecular formula is C22H20ClN3O3. The lowest BCUT2D eigenvalue weighted by molar-refractivity contribution is -0.116. The van der Waals surface area contributed by atoms with Crippen LogP contribution in [0.4, 0.5) is 0 Å². The molecule has 2 heterocycles. The van der Waals surface area contributed by atoms with Gasteiger partial charge in [0.25, 0.3) is 0 Å². The second-order valence-corrected chi connectivity index (χ2v) is 7.01. The summed E-state index contributed by atoms with van der Waals surface area (Å²) in [7, 11) is 0. The predicted molar refractivity (Wildman–Crippen MR) is 111 cm³/mol. The maximum atomic E-state index is 12.1. The zero-order chi connectivity index (χ0) is 20.1. The van der Waals surface area contributed by atoms with Gasteiger partial charge in [-0.3, -0.25) is 9.48 Å². The number of nitrogens with zero attached hydrogens (tertiary/aromatic N) is 2. The van der Waals surface area contributed by atoms with E-state index in [9.17, 15) is 4.79 Å². The van der Waals surface area contributed by atoms with Gasteiger partial charge in [0, 0.05) is 25.0 Å². The quantitative estimate of drug-likeness (QED) is 0.631. The molecule has 6 nitrogen and oxygen atoms in total. The molecular weight excluding hydrogens is 390 g/mol. The van der Waals surface area contributed by atoms with Gasteiger partial charge >= 0.3 is 0 Å². The number of carbonyl (C=O) groups is 1. The highest BCUT2D eigenvalue weighted by Gasteiger charge is 2.15. The molecule has 148 valence electrons. The maximum Gasteiger partial charge on any atom is 0.244 e. The average Bonchev–Trinajstić information content (AvgIpc) is 3.25. The van der Waals surface area contributed by atoms with Gasteiger partial charge in [-0.1, -0.05) is 35.9 Å².